The largest absolute Gasteiger partial charge is 0.332 e. The van der Waals surface area contributed by atoms with Gasteiger partial charge in [-0.1, -0.05) is 22.9 Å². The van der Waals surface area contributed by atoms with Crippen molar-refractivity contribution in [3.8, 4) is 0 Å². The molecule has 0 fully saturated rings. The Labute approximate surface area is 160 Å². The Bertz CT molecular complexity index is 1050. The highest BCUT2D eigenvalue weighted by molar-refractivity contribution is 7.22. The third-order valence-electron chi connectivity index (χ3n) is 3.73. The first-order valence-corrected chi connectivity index (χ1v) is 9.27. The molecule has 26 heavy (non-hydrogen) atoms. The fraction of sp³-hybridized carbons (Fsp3) is 0.105. The average Bonchev–Trinajstić information content (AvgIpc) is 2.97. The van der Waals surface area contributed by atoms with E-state index in [1.807, 2.05) is 62.4 Å². The molecule has 2 heterocycles. The number of halogens is 1. The first-order chi connectivity index (χ1) is 12.5. The van der Waals surface area contributed by atoms with Crippen LogP contribution in [0.1, 0.15) is 11.4 Å². The molecule has 4 aromatic rings. The number of aryl methyl sites for hydroxylation is 2. The number of benzene rings is 2. The minimum absolute atomic E-state index is 0.603. The molecule has 0 bridgehead atoms. The summed E-state index contributed by atoms with van der Waals surface area (Å²) in [7, 11) is 0. The quantitative estimate of drug-likeness (QED) is 0.464. The van der Waals surface area contributed by atoms with Gasteiger partial charge in [0.05, 0.1) is 10.2 Å². The van der Waals surface area contributed by atoms with E-state index in [1.165, 1.54) is 0 Å². The molecule has 0 aliphatic heterocycles. The van der Waals surface area contributed by atoms with Crippen molar-refractivity contribution in [1.82, 2.24) is 15.0 Å². The van der Waals surface area contributed by atoms with E-state index in [0.29, 0.717) is 5.95 Å². The Balaban J connectivity index is 1.49. The molecule has 0 saturated carbocycles. The molecular weight excluding hydrogens is 366 g/mol. The monoisotopic (exact) mass is 381 g/mol. The molecule has 2 aromatic heterocycles. The molecule has 7 heteroatoms. The van der Waals surface area contributed by atoms with Gasteiger partial charge in [0.1, 0.15) is 0 Å². The lowest BCUT2D eigenvalue weighted by molar-refractivity contribution is 1.06. The second-order valence-corrected chi connectivity index (χ2v) is 7.40. The molecular formula is C19H16ClN5S. The number of rotatable bonds is 4. The predicted octanol–water partition coefficient (Wildman–Crippen LogP) is 5.84. The molecule has 0 amide bonds. The lowest BCUT2D eigenvalue weighted by atomic mass is 10.3. The van der Waals surface area contributed by atoms with Crippen LogP contribution in [0.5, 0.6) is 0 Å². The summed E-state index contributed by atoms with van der Waals surface area (Å²) in [6.07, 6.45) is 0. The zero-order chi connectivity index (χ0) is 18.1. The van der Waals surface area contributed by atoms with Crippen LogP contribution in [0.4, 0.5) is 22.5 Å². The maximum absolute atomic E-state index is 6.03. The number of nitrogens with one attached hydrogen (secondary N) is 2. The van der Waals surface area contributed by atoms with Crippen molar-refractivity contribution in [3.63, 3.8) is 0 Å². The van der Waals surface area contributed by atoms with Gasteiger partial charge in [0, 0.05) is 27.8 Å². The third kappa shape index (κ3) is 3.76. The van der Waals surface area contributed by atoms with Gasteiger partial charge in [-0.2, -0.15) is 0 Å². The molecule has 0 unspecified atom stereocenters. The Kier molecular flexibility index (Phi) is 4.44. The number of thiazole rings is 1. The van der Waals surface area contributed by atoms with Crippen LogP contribution in [0.3, 0.4) is 0 Å². The van der Waals surface area contributed by atoms with Crippen LogP contribution in [-0.2, 0) is 0 Å². The summed E-state index contributed by atoms with van der Waals surface area (Å²) in [6, 6.07) is 15.6. The van der Waals surface area contributed by atoms with Gasteiger partial charge in [0.2, 0.25) is 5.95 Å². The van der Waals surface area contributed by atoms with Crippen molar-refractivity contribution in [2.45, 2.75) is 13.8 Å². The van der Waals surface area contributed by atoms with Gasteiger partial charge < -0.3 is 10.6 Å². The van der Waals surface area contributed by atoms with Crippen LogP contribution in [0.15, 0.2) is 48.5 Å². The van der Waals surface area contributed by atoms with E-state index in [0.717, 1.165) is 43.1 Å². The number of hydrogen-bond donors (Lipinski definition) is 2. The summed E-state index contributed by atoms with van der Waals surface area (Å²) in [5, 5.41) is 8.11. The van der Waals surface area contributed by atoms with Crippen molar-refractivity contribution >= 4 is 55.6 Å². The van der Waals surface area contributed by atoms with E-state index in [9.17, 15) is 0 Å². The van der Waals surface area contributed by atoms with E-state index in [-0.39, 0.29) is 0 Å². The van der Waals surface area contributed by atoms with E-state index in [4.69, 9.17) is 11.6 Å². The molecule has 130 valence electrons. The summed E-state index contributed by atoms with van der Waals surface area (Å²) in [6.45, 7) is 3.91. The average molecular weight is 382 g/mol. The Morgan fingerprint density at radius 3 is 2.15 bits per heavy atom. The van der Waals surface area contributed by atoms with Gasteiger partial charge in [0.25, 0.3) is 0 Å². The highest BCUT2D eigenvalue weighted by Crippen LogP contribution is 2.30. The molecule has 0 atom stereocenters. The second-order valence-electron chi connectivity index (χ2n) is 5.93. The number of hydrogen-bond acceptors (Lipinski definition) is 6. The van der Waals surface area contributed by atoms with Crippen LogP contribution < -0.4 is 10.6 Å². The zero-order valence-corrected chi connectivity index (χ0v) is 15.8. The van der Waals surface area contributed by atoms with Gasteiger partial charge in [-0.25, -0.2) is 15.0 Å². The molecule has 2 N–H and O–H groups in total. The maximum atomic E-state index is 6.03. The number of anilines is 4. The molecule has 0 spiro atoms. The van der Waals surface area contributed by atoms with Gasteiger partial charge in [-0.3, -0.25) is 0 Å². The summed E-state index contributed by atoms with van der Waals surface area (Å²) in [5.41, 5.74) is 4.70. The number of aromatic nitrogens is 3. The van der Waals surface area contributed by atoms with Gasteiger partial charge in [-0.15, -0.1) is 0 Å². The minimum Gasteiger partial charge on any atom is -0.332 e. The fourth-order valence-corrected chi connectivity index (χ4v) is 3.79. The standard InChI is InChI=1S/C19H16ClN5S/c1-11-9-12(2)22-18(21-11)23-14-4-6-15(7-5-14)24-19-25-16-8-3-13(20)10-17(16)26-19/h3-10H,1-2H3,(H,24,25)(H,21,22,23). The van der Waals surface area contributed by atoms with Crippen LogP contribution in [0.25, 0.3) is 10.2 Å². The fourth-order valence-electron chi connectivity index (χ4n) is 2.62. The van der Waals surface area contributed by atoms with Crippen molar-refractivity contribution in [2.75, 3.05) is 10.6 Å². The van der Waals surface area contributed by atoms with E-state index in [2.05, 4.69) is 25.6 Å². The Morgan fingerprint density at radius 1 is 0.808 bits per heavy atom. The van der Waals surface area contributed by atoms with Crippen LogP contribution >= 0.6 is 22.9 Å². The predicted molar refractivity (Wildman–Crippen MR) is 109 cm³/mol. The smallest absolute Gasteiger partial charge is 0.227 e. The van der Waals surface area contributed by atoms with Crippen molar-refractivity contribution in [3.05, 3.63) is 64.9 Å². The summed E-state index contributed by atoms with van der Waals surface area (Å²) in [4.78, 5) is 13.4. The molecule has 5 nitrogen and oxygen atoms in total. The highest BCUT2D eigenvalue weighted by Gasteiger charge is 2.05. The summed E-state index contributed by atoms with van der Waals surface area (Å²) in [5.74, 6) is 0.603. The van der Waals surface area contributed by atoms with Gasteiger partial charge in [-0.05, 0) is 62.4 Å². The first-order valence-electron chi connectivity index (χ1n) is 8.08. The maximum Gasteiger partial charge on any atom is 0.227 e. The van der Waals surface area contributed by atoms with E-state index >= 15 is 0 Å². The number of fused-ring (bicyclic) bond motifs is 1. The highest BCUT2D eigenvalue weighted by atomic mass is 35.5. The molecule has 0 aliphatic carbocycles. The zero-order valence-electron chi connectivity index (χ0n) is 14.2. The topological polar surface area (TPSA) is 62.7 Å². The SMILES string of the molecule is Cc1cc(C)nc(Nc2ccc(Nc3nc4ccc(Cl)cc4s3)cc2)n1. The van der Waals surface area contributed by atoms with Crippen molar-refractivity contribution < 1.29 is 0 Å². The van der Waals surface area contributed by atoms with E-state index in [1.54, 1.807) is 11.3 Å². The second kappa shape index (κ2) is 6.90. The number of nitrogens with zero attached hydrogens (tertiary/aromatic N) is 3. The third-order valence-corrected chi connectivity index (χ3v) is 4.89. The van der Waals surface area contributed by atoms with E-state index < -0.39 is 0 Å². The van der Waals surface area contributed by atoms with Gasteiger partial charge >= 0.3 is 0 Å². The van der Waals surface area contributed by atoms with Crippen LogP contribution in [-0.4, -0.2) is 15.0 Å². The van der Waals surface area contributed by atoms with Gasteiger partial charge in [0.15, 0.2) is 5.13 Å². The summed E-state index contributed by atoms with van der Waals surface area (Å²) < 4.78 is 1.06. The van der Waals surface area contributed by atoms with Crippen molar-refractivity contribution in [2.24, 2.45) is 0 Å². The molecule has 0 aliphatic rings. The first kappa shape index (κ1) is 16.8. The van der Waals surface area contributed by atoms with Crippen LogP contribution in [0, 0.1) is 13.8 Å². The summed E-state index contributed by atoms with van der Waals surface area (Å²) >= 11 is 7.61. The normalized spacial score (nSPS) is 10.9. The molecule has 4 rings (SSSR count). The lowest BCUT2D eigenvalue weighted by Crippen LogP contribution is -2.00. The van der Waals surface area contributed by atoms with Crippen LogP contribution in [0.2, 0.25) is 5.02 Å². The molecule has 0 saturated heterocycles. The Morgan fingerprint density at radius 2 is 1.46 bits per heavy atom. The molecule has 0 radical (unpaired) electrons. The lowest BCUT2D eigenvalue weighted by Gasteiger charge is -2.08. The Hall–Kier alpha value is -2.70. The molecule has 2 aromatic carbocycles. The van der Waals surface area contributed by atoms with Crippen molar-refractivity contribution in [1.29, 1.82) is 0 Å². The minimum atomic E-state index is 0.603.